The molecule has 3 aromatic heterocycles. The van der Waals surface area contributed by atoms with Gasteiger partial charge in [-0.25, -0.2) is 19.9 Å². The number of anilines is 1. The summed E-state index contributed by atoms with van der Waals surface area (Å²) in [6.45, 7) is 4.41. The Morgan fingerprint density at radius 2 is 1.97 bits per heavy atom. The topological polar surface area (TPSA) is 72.2 Å². The summed E-state index contributed by atoms with van der Waals surface area (Å²) < 4.78 is 45.6. The fourth-order valence-electron chi connectivity index (χ4n) is 4.05. The predicted octanol–water partition coefficient (Wildman–Crippen LogP) is 3.62. The van der Waals surface area contributed by atoms with Crippen LogP contribution in [-0.4, -0.2) is 76.0 Å². The summed E-state index contributed by atoms with van der Waals surface area (Å²) in [4.78, 5) is 22.3. The van der Waals surface area contributed by atoms with Gasteiger partial charge in [-0.15, -0.1) is 11.3 Å². The predicted molar refractivity (Wildman–Crippen MR) is 121 cm³/mol. The molecule has 0 saturated carbocycles. The molecule has 0 unspecified atom stereocenters. The molecule has 1 aliphatic rings. The number of imidazole rings is 1. The van der Waals surface area contributed by atoms with Crippen molar-refractivity contribution in [3.63, 3.8) is 0 Å². The number of ether oxygens (including phenoxy) is 1. The van der Waals surface area contributed by atoms with Gasteiger partial charge in [-0.1, -0.05) is 0 Å². The van der Waals surface area contributed by atoms with Gasteiger partial charge in [0.05, 0.1) is 19.5 Å². The molecule has 180 valence electrons. The first-order valence-corrected chi connectivity index (χ1v) is 11.7. The van der Waals surface area contributed by atoms with Crippen molar-refractivity contribution in [2.24, 2.45) is 0 Å². The van der Waals surface area contributed by atoms with Gasteiger partial charge in [0, 0.05) is 37.7 Å². The van der Waals surface area contributed by atoms with E-state index in [2.05, 4.69) is 25.2 Å². The monoisotopic (exact) mass is 483 g/mol. The average Bonchev–Trinajstić information content (AvgIpc) is 3.36. The maximum absolute atomic E-state index is 13.1. The van der Waals surface area contributed by atoms with Gasteiger partial charge in [0.15, 0.2) is 17.0 Å². The molecule has 0 bridgehead atoms. The second kappa shape index (κ2) is 9.90. The lowest BCUT2D eigenvalue weighted by Crippen LogP contribution is -2.33. The number of methoxy groups -OCH3 is 1. The molecule has 0 radical (unpaired) electrons. The van der Waals surface area contributed by atoms with Crippen molar-refractivity contribution in [1.82, 2.24) is 29.4 Å². The number of nitrogens with zero attached hydrogens (tertiary/aromatic N) is 7. The maximum Gasteiger partial charge on any atom is 0.406 e. The lowest BCUT2D eigenvalue weighted by molar-refractivity contribution is -0.140. The van der Waals surface area contributed by atoms with E-state index in [0.717, 1.165) is 47.7 Å². The van der Waals surface area contributed by atoms with Gasteiger partial charge >= 0.3 is 6.18 Å². The Labute approximate surface area is 194 Å². The Balaban J connectivity index is 1.57. The third-order valence-corrected chi connectivity index (χ3v) is 6.73. The van der Waals surface area contributed by atoms with E-state index >= 15 is 0 Å². The number of likely N-dealkylation sites (N-methyl/N-ethyl adjacent to an activating group) is 1. The van der Waals surface area contributed by atoms with Crippen LogP contribution in [0.5, 0.6) is 0 Å². The molecule has 1 aliphatic heterocycles. The summed E-state index contributed by atoms with van der Waals surface area (Å²) in [6.07, 6.45) is -1.49. The minimum Gasteiger partial charge on any atom is -0.383 e. The molecule has 1 saturated heterocycles. The Hall–Kier alpha value is -2.31. The van der Waals surface area contributed by atoms with Crippen LogP contribution in [0, 0.1) is 6.92 Å². The van der Waals surface area contributed by atoms with Crippen LogP contribution in [0.15, 0.2) is 11.7 Å². The molecular formula is C21H28F3N7OS. The van der Waals surface area contributed by atoms with Crippen molar-refractivity contribution in [3.05, 3.63) is 28.2 Å². The molecule has 0 N–H and O–H groups in total. The highest BCUT2D eigenvalue weighted by molar-refractivity contribution is 7.09. The molecule has 8 nitrogen and oxygen atoms in total. The fraction of sp³-hybridized carbons (Fsp3) is 0.619. The molecule has 0 spiro atoms. The van der Waals surface area contributed by atoms with E-state index < -0.39 is 12.7 Å². The van der Waals surface area contributed by atoms with Gasteiger partial charge in [0.1, 0.15) is 17.4 Å². The number of hydrogen-bond donors (Lipinski definition) is 0. The summed E-state index contributed by atoms with van der Waals surface area (Å²) in [6, 6.07) is 0. The Morgan fingerprint density at radius 1 is 1.21 bits per heavy atom. The Kier molecular flexibility index (Phi) is 7.15. The van der Waals surface area contributed by atoms with Crippen LogP contribution in [0.1, 0.15) is 35.3 Å². The van der Waals surface area contributed by atoms with Crippen molar-refractivity contribution < 1.29 is 17.9 Å². The number of piperidine rings is 1. The van der Waals surface area contributed by atoms with E-state index in [4.69, 9.17) is 9.72 Å². The second-order valence-electron chi connectivity index (χ2n) is 8.41. The quantitative estimate of drug-likeness (QED) is 0.485. The standard InChI is InChI=1S/C21H28F3N7OS/c1-14-11-33-16(26-14)10-30-6-4-15(5-7-30)18-27-19(29(2)8-9-32-3)17-20(28-18)31(13-25-17)12-21(22,23)24/h11,13,15H,4-10,12H2,1-3H3. The molecule has 1 fully saturated rings. The van der Waals surface area contributed by atoms with Crippen LogP contribution < -0.4 is 4.90 Å². The molecule has 4 heterocycles. The van der Waals surface area contributed by atoms with Crippen LogP contribution in [0.4, 0.5) is 19.0 Å². The highest BCUT2D eigenvalue weighted by atomic mass is 32.1. The number of rotatable bonds is 8. The summed E-state index contributed by atoms with van der Waals surface area (Å²) in [5.74, 6) is 1.19. The van der Waals surface area contributed by atoms with E-state index in [-0.39, 0.29) is 11.6 Å². The minimum atomic E-state index is -4.36. The zero-order valence-electron chi connectivity index (χ0n) is 19.0. The van der Waals surface area contributed by atoms with Gasteiger partial charge in [0.2, 0.25) is 0 Å². The molecular weight excluding hydrogens is 455 g/mol. The molecule has 4 rings (SSSR count). The number of hydrogen-bond acceptors (Lipinski definition) is 8. The van der Waals surface area contributed by atoms with Crippen molar-refractivity contribution in [1.29, 1.82) is 0 Å². The molecule has 0 aliphatic carbocycles. The smallest absolute Gasteiger partial charge is 0.383 e. The zero-order valence-corrected chi connectivity index (χ0v) is 19.8. The number of fused-ring (bicyclic) bond motifs is 1. The lowest BCUT2D eigenvalue weighted by Gasteiger charge is -2.31. The summed E-state index contributed by atoms with van der Waals surface area (Å²) >= 11 is 1.67. The van der Waals surface area contributed by atoms with Crippen molar-refractivity contribution >= 4 is 28.3 Å². The van der Waals surface area contributed by atoms with Crippen molar-refractivity contribution in [3.8, 4) is 0 Å². The highest BCUT2D eigenvalue weighted by Crippen LogP contribution is 2.31. The van der Waals surface area contributed by atoms with Crippen LogP contribution in [0.2, 0.25) is 0 Å². The summed E-state index contributed by atoms with van der Waals surface area (Å²) in [5, 5.41) is 3.15. The first-order chi connectivity index (χ1) is 15.7. The molecule has 3 aromatic rings. The van der Waals surface area contributed by atoms with Gasteiger partial charge in [0.25, 0.3) is 0 Å². The zero-order chi connectivity index (χ0) is 23.6. The number of likely N-dealkylation sites (tertiary alicyclic amines) is 1. The first kappa shape index (κ1) is 23.8. The number of aryl methyl sites for hydroxylation is 1. The van der Waals surface area contributed by atoms with Crippen LogP contribution in [0.25, 0.3) is 11.2 Å². The van der Waals surface area contributed by atoms with E-state index in [9.17, 15) is 13.2 Å². The minimum absolute atomic E-state index is 0.0764. The molecule has 33 heavy (non-hydrogen) atoms. The molecule has 0 aromatic carbocycles. The number of thiazole rings is 1. The van der Waals surface area contributed by atoms with Crippen molar-refractivity contribution in [2.45, 2.75) is 44.9 Å². The van der Waals surface area contributed by atoms with Crippen LogP contribution in [0.3, 0.4) is 0 Å². The number of alkyl halides is 3. The first-order valence-electron chi connectivity index (χ1n) is 10.9. The Bertz CT molecular complexity index is 1080. The largest absolute Gasteiger partial charge is 0.406 e. The van der Waals surface area contributed by atoms with Crippen LogP contribution >= 0.6 is 11.3 Å². The fourth-order valence-corrected chi connectivity index (χ4v) is 4.87. The Morgan fingerprint density at radius 3 is 2.61 bits per heavy atom. The van der Waals surface area contributed by atoms with E-state index in [1.807, 2.05) is 18.9 Å². The third-order valence-electron chi connectivity index (χ3n) is 5.78. The van der Waals surface area contributed by atoms with Crippen molar-refractivity contribution in [2.75, 3.05) is 45.3 Å². The van der Waals surface area contributed by atoms with Gasteiger partial charge < -0.3 is 14.2 Å². The normalized spacial score (nSPS) is 16.1. The molecule has 0 amide bonds. The summed E-state index contributed by atoms with van der Waals surface area (Å²) in [5.41, 5.74) is 1.63. The molecule has 0 atom stereocenters. The van der Waals surface area contributed by atoms with Gasteiger partial charge in [-0.2, -0.15) is 13.2 Å². The average molecular weight is 484 g/mol. The van der Waals surface area contributed by atoms with Gasteiger partial charge in [-0.3, -0.25) is 4.90 Å². The second-order valence-corrected chi connectivity index (χ2v) is 9.36. The SMILES string of the molecule is COCCN(C)c1nc(C2CCN(Cc3nc(C)cs3)CC2)nc2c1ncn2CC(F)(F)F. The van der Waals surface area contributed by atoms with Gasteiger partial charge in [-0.05, 0) is 32.9 Å². The lowest BCUT2D eigenvalue weighted by atomic mass is 9.96. The van der Waals surface area contributed by atoms with E-state index in [0.29, 0.717) is 30.3 Å². The number of halogens is 3. The number of aromatic nitrogens is 5. The maximum atomic E-state index is 13.1. The van der Waals surface area contributed by atoms with Crippen LogP contribution in [-0.2, 0) is 17.8 Å². The summed E-state index contributed by atoms with van der Waals surface area (Å²) in [7, 11) is 3.44. The van der Waals surface area contributed by atoms with E-state index in [1.54, 1.807) is 18.4 Å². The molecule has 12 heteroatoms. The van der Waals surface area contributed by atoms with E-state index in [1.165, 1.54) is 6.33 Å². The highest BCUT2D eigenvalue weighted by Gasteiger charge is 2.31. The third kappa shape index (κ3) is 5.79.